The van der Waals surface area contributed by atoms with E-state index in [1.807, 2.05) is 0 Å². The largest absolute Gasteiger partial charge is 0.389 e. The molecule has 1 aromatic carbocycles. The van der Waals surface area contributed by atoms with Crippen LogP contribution in [-0.4, -0.2) is 35.2 Å². The lowest BCUT2D eigenvalue weighted by molar-refractivity contribution is -0.0194. The Morgan fingerprint density at radius 3 is 2.61 bits per heavy atom. The molecule has 0 amide bonds. The monoisotopic (exact) mass is 271 g/mol. The highest BCUT2D eigenvalue weighted by molar-refractivity contribution is 6.30. The van der Waals surface area contributed by atoms with Crippen LogP contribution in [0.2, 0.25) is 5.02 Å². The molecule has 1 aliphatic heterocycles. The summed E-state index contributed by atoms with van der Waals surface area (Å²) in [5, 5.41) is 10.7. The van der Waals surface area contributed by atoms with E-state index in [1.54, 1.807) is 12.1 Å². The number of aliphatic hydroxyl groups is 1. The maximum absolute atomic E-state index is 13.1. The van der Waals surface area contributed by atoms with E-state index in [-0.39, 0.29) is 5.02 Å². The molecular weight excluding hydrogens is 253 g/mol. The van der Waals surface area contributed by atoms with Gasteiger partial charge in [-0.2, -0.15) is 0 Å². The van der Waals surface area contributed by atoms with E-state index in [0.29, 0.717) is 6.42 Å². The Balaban J connectivity index is 2.02. The van der Waals surface area contributed by atoms with Gasteiger partial charge in [0.1, 0.15) is 5.82 Å². The summed E-state index contributed by atoms with van der Waals surface area (Å²) < 4.78 is 13.1. The minimum atomic E-state index is -0.674. The van der Waals surface area contributed by atoms with Crippen LogP contribution in [0.15, 0.2) is 18.2 Å². The molecule has 1 saturated heterocycles. The van der Waals surface area contributed by atoms with Gasteiger partial charge in [0.2, 0.25) is 0 Å². The Kier molecular flexibility index (Phi) is 4.25. The first-order valence-corrected chi connectivity index (χ1v) is 6.79. The molecule has 2 rings (SSSR count). The van der Waals surface area contributed by atoms with Gasteiger partial charge in [-0.05, 0) is 37.1 Å². The fourth-order valence-corrected chi connectivity index (χ4v) is 2.69. The van der Waals surface area contributed by atoms with Gasteiger partial charge in [0.15, 0.2) is 0 Å². The molecule has 0 atom stereocenters. The summed E-state index contributed by atoms with van der Waals surface area (Å²) in [7, 11) is 0. The molecule has 0 saturated carbocycles. The quantitative estimate of drug-likeness (QED) is 0.914. The standard InChI is InChI=1S/C14H19ClFNO/c1-2-17-7-5-14(18,6-8-17)10-11-3-4-13(16)12(15)9-11/h3-4,9,18H,2,5-8,10H2,1H3. The van der Waals surface area contributed by atoms with Crippen LogP contribution < -0.4 is 0 Å². The SMILES string of the molecule is CCN1CCC(O)(Cc2ccc(F)c(Cl)c2)CC1. The molecule has 18 heavy (non-hydrogen) atoms. The highest BCUT2D eigenvalue weighted by atomic mass is 35.5. The van der Waals surface area contributed by atoms with Crippen molar-refractivity contribution in [3.8, 4) is 0 Å². The molecule has 0 aromatic heterocycles. The molecule has 0 unspecified atom stereocenters. The zero-order valence-electron chi connectivity index (χ0n) is 10.6. The lowest BCUT2D eigenvalue weighted by Crippen LogP contribution is -2.45. The Bertz CT molecular complexity index is 416. The summed E-state index contributed by atoms with van der Waals surface area (Å²) >= 11 is 5.76. The van der Waals surface area contributed by atoms with Crippen LogP contribution in [0, 0.1) is 5.82 Å². The number of hydrogen-bond donors (Lipinski definition) is 1. The second-order valence-electron chi connectivity index (χ2n) is 5.08. The predicted molar refractivity (Wildman–Crippen MR) is 71.4 cm³/mol. The lowest BCUT2D eigenvalue weighted by atomic mass is 9.85. The number of likely N-dealkylation sites (tertiary alicyclic amines) is 1. The van der Waals surface area contributed by atoms with E-state index < -0.39 is 11.4 Å². The van der Waals surface area contributed by atoms with E-state index in [0.717, 1.165) is 38.0 Å². The Hall–Kier alpha value is -0.640. The first-order valence-electron chi connectivity index (χ1n) is 6.41. The van der Waals surface area contributed by atoms with Crippen LogP contribution in [0.4, 0.5) is 4.39 Å². The van der Waals surface area contributed by atoms with Gasteiger partial charge in [-0.1, -0.05) is 24.6 Å². The van der Waals surface area contributed by atoms with Crippen molar-refractivity contribution < 1.29 is 9.50 Å². The molecule has 1 fully saturated rings. The average molecular weight is 272 g/mol. The molecule has 2 nitrogen and oxygen atoms in total. The number of piperidine rings is 1. The van der Waals surface area contributed by atoms with Crippen LogP contribution >= 0.6 is 11.6 Å². The number of benzene rings is 1. The van der Waals surface area contributed by atoms with Gasteiger partial charge in [-0.25, -0.2) is 4.39 Å². The maximum Gasteiger partial charge on any atom is 0.141 e. The molecular formula is C14H19ClFNO. The summed E-state index contributed by atoms with van der Waals surface area (Å²) in [6.45, 7) is 4.99. The second kappa shape index (κ2) is 5.55. The summed E-state index contributed by atoms with van der Waals surface area (Å²) in [6.07, 6.45) is 2.07. The van der Waals surface area contributed by atoms with Crippen molar-refractivity contribution in [3.63, 3.8) is 0 Å². The van der Waals surface area contributed by atoms with Gasteiger partial charge < -0.3 is 10.0 Å². The molecule has 0 radical (unpaired) electrons. The predicted octanol–water partition coefficient (Wildman–Crippen LogP) is 2.87. The third kappa shape index (κ3) is 3.22. The van der Waals surface area contributed by atoms with Crippen LogP contribution in [0.3, 0.4) is 0 Å². The smallest absolute Gasteiger partial charge is 0.141 e. The van der Waals surface area contributed by atoms with Crippen molar-refractivity contribution in [1.29, 1.82) is 0 Å². The topological polar surface area (TPSA) is 23.5 Å². The first kappa shape index (κ1) is 13.8. The number of rotatable bonds is 3. The van der Waals surface area contributed by atoms with Gasteiger partial charge in [0, 0.05) is 19.5 Å². The molecule has 0 bridgehead atoms. The zero-order valence-corrected chi connectivity index (χ0v) is 11.4. The zero-order chi connectivity index (χ0) is 13.2. The third-order valence-corrected chi connectivity index (χ3v) is 4.04. The maximum atomic E-state index is 13.1. The second-order valence-corrected chi connectivity index (χ2v) is 5.49. The van der Waals surface area contributed by atoms with Crippen molar-refractivity contribution in [2.24, 2.45) is 0 Å². The molecule has 1 aliphatic rings. The minimum Gasteiger partial charge on any atom is -0.389 e. The highest BCUT2D eigenvalue weighted by Gasteiger charge is 2.31. The van der Waals surface area contributed by atoms with Crippen LogP contribution in [0.5, 0.6) is 0 Å². The minimum absolute atomic E-state index is 0.127. The lowest BCUT2D eigenvalue weighted by Gasteiger charge is -2.38. The molecule has 100 valence electrons. The molecule has 1 aromatic rings. The summed E-state index contributed by atoms with van der Waals surface area (Å²) in [4.78, 5) is 2.33. The first-order chi connectivity index (χ1) is 8.52. The van der Waals surface area contributed by atoms with E-state index in [1.165, 1.54) is 6.07 Å². The number of nitrogens with zero attached hydrogens (tertiary/aromatic N) is 1. The molecule has 4 heteroatoms. The van der Waals surface area contributed by atoms with Crippen molar-refractivity contribution in [2.45, 2.75) is 31.8 Å². The van der Waals surface area contributed by atoms with Gasteiger partial charge in [-0.15, -0.1) is 0 Å². The van der Waals surface area contributed by atoms with Crippen LogP contribution in [0.1, 0.15) is 25.3 Å². The van der Waals surface area contributed by atoms with Crippen molar-refractivity contribution in [3.05, 3.63) is 34.6 Å². The molecule has 0 aliphatic carbocycles. The van der Waals surface area contributed by atoms with Gasteiger partial charge in [0.25, 0.3) is 0 Å². The van der Waals surface area contributed by atoms with Gasteiger partial charge in [0.05, 0.1) is 10.6 Å². The summed E-state index contributed by atoms with van der Waals surface area (Å²) in [5.41, 5.74) is 0.223. The Morgan fingerprint density at radius 1 is 1.39 bits per heavy atom. The Morgan fingerprint density at radius 2 is 2.06 bits per heavy atom. The van der Waals surface area contributed by atoms with Crippen molar-refractivity contribution in [2.75, 3.05) is 19.6 Å². The van der Waals surface area contributed by atoms with Gasteiger partial charge >= 0.3 is 0 Å². The molecule has 1 heterocycles. The van der Waals surface area contributed by atoms with E-state index in [9.17, 15) is 9.50 Å². The fraction of sp³-hybridized carbons (Fsp3) is 0.571. The van der Waals surface area contributed by atoms with E-state index >= 15 is 0 Å². The number of hydrogen-bond acceptors (Lipinski definition) is 2. The van der Waals surface area contributed by atoms with Crippen LogP contribution in [0.25, 0.3) is 0 Å². The fourth-order valence-electron chi connectivity index (χ4n) is 2.49. The van der Waals surface area contributed by atoms with Crippen LogP contribution in [-0.2, 0) is 6.42 Å². The van der Waals surface area contributed by atoms with E-state index in [4.69, 9.17) is 11.6 Å². The highest BCUT2D eigenvalue weighted by Crippen LogP contribution is 2.27. The molecule has 1 N–H and O–H groups in total. The normalized spacial score (nSPS) is 20.0. The average Bonchev–Trinajstić information content (AvgIpc) is 2.35. The summed E-state index contributed by atoms with van der Waals surface area (Å²) in [6, 6.07) is 4.68. The summed E-state index contributed by atoms with van der Waals surface area (Å²) in [5.74, 6) is -0.409. The number of halogens is 2. The third-order valence-electron chi connectivity index (χ3n) is 3.75. The van der Waals surface area contributed by atoms with Gasteiger partial charge in [-0.3, -0.25) is 0 Å². The molecule has 0 spiro atoms. The van der Waals surface area contributed by atoms with Crippen molar-refractivity contribution in [1.82, 2.24) is 4.90 Å². The van der Waals surface area contributed by atoms with E-state index in [2.05, 4.69) is 11.8 Å². The van der Waals surface area contributed by atoms with Crippen molar-refractivity contribution >= 4 is 11.6 Å². The Labute approximate surface area is 112 Å².